The molecule has 1 rings (SSSR count). The van der Waals surface area contributed by atoms with Crippen LogP contribution in [0.15, 0.2) is 36.4 Å². The number of ether oxygens (including phenoxy) is 2. The summed E-state index contributed by atoms with van der Waals surface area (Å²) in [5.41, 5.74) is -0.131. The van der Waals surface area contributed by atoms with Gasteiger partial charge in [0, 0.05) is 11.1 Å². The van der Waals surface area contributed by atoms with E-state index in [0.29, 0.717) is 0 Å². The molecule has 0 radical (unpaired) electrons. The molecule has 0 aliphatic rings. The number of carboxylic acids is 1. The van der Waals surface area contributed by atoms with E-state index < -0.39 is 17.9 Å². The van der Waals surface area contributed by atoms with Crippen molar-refractivity contribution in [3.05, 3.63) is 47.5 Å². The number of rotatable bonds is 6. The predicted octanol–water partition coefficient (Wildman–Crippen LogP) is 0.324. The van der Waals surface area contributed by atoms with Gasteiger partial charge in [0.25, 0.3) is 0 Å². The average molecular weight is 341 g/mol. The summed E-state index contributed by atoms with van der Waals surface area (Å²) < 4.78 is 9.54. The van der Waals surface area contributed by atoms with Crippen molar-refractivity contribution >= 4 is 17.9 Å². The molecular weight excluding hydrogens is 328 g/mol. The van der Waals surface area contributed by atoms with Gasteiger partial charge in [-0.3, -0.25) is 0 Å². The molecule has 0 N–H and O–H groups in total. The normalized spacial score (nSPS) is 9.19. The molecule has 0 aliphatic heterocycles. The van der Waals surface area contributed by atoms with E-state index in [1.165, 1.54) is 31.2 Å². The molecule has 0 fully saturated rings. The van der Waals surface area contributed by atoms with Gasteiger partial charge in [-0.1, -0.05) is 24.8 Å². The van der Waals surface area contributed by atoms with Crippen LogP contribution in [0.4, 0.5) is 0 Å². The maximum absolute atomic E-state index is 11.7. The third kappa shape index (κ3) is 5.81. The topological polar surface area (TPSA) is 92.7 Å². The molecule has 0 aromatic heterocycles. The summed E-state index contributed by atoms with van der Waals surface area (Å²) in [5, 5.41) is 10.8. The molecule has 0 spiro atoms. The molecule has 0 atom stereocenters. The minimum atomic E-state index is -1.47. The third-order valence-electron chi connectivity index (χ3n) is 2.26. The molecular formula is C14H13CuO6. The Hall–Kier alpha value is -2.11. The first-order chi connectivity index (χ1) is 9.43. The first kappa shape index (κ1) is 18.9. The summed E-state index contributed by atoms with van der Waals surface area (Å²) in [5.74, 6) is -2.88. The molecule has 0 heterocycles. The zero-order valence-corrected chi connectivity index (χ0v) is 12.1. The molecule has 7 heteroatoms. The van der Waals surface area contributed by atoms with E-state index in [4.69, 9.17) is 9.47 Å². The largest absolute Gasteiger partial charge is 1.00 e. The SMILES string of the molecule is C=C(C)C(=O)OCCOC(=O)c1ccccc1C(=O)[O-].[Cu+]. The van der Waals surface area contributed by atoms with Crippen LogP contribution in [-0.4, -0.2) is 31.1 Å². The number of esters is 2. The Morgan fingerprint density at radius 2 is 1.62 bits per heavy atom. The van der Waals surface area contributed by atoms with Crippen LogP contribution < -0.4 is 5.11 Å². The van der Waals surface area contributed by atoms with E-state index >= 15 is 0 Å². The molecule has 0 saturated carbocycles. The van der Waals surface area contributed by atoms with E-state index in [-0.39, 0.29) is 47.0 Å². The zero-order chi connectivity index (χ0) is 15.1. The molecule has 0 bridgehead atoms. The summed E-state index contributed by atoms with van der Waals surface area (Å²) in [6, 6.07) is 5.53. The minimum absolute atomic E-state index is 0. The van der Waals surface area contributed by atoms with Gasteiger partial charge in [0.15, 0.2) is 0 Å². The first-order valence-corrected chi connectivity index (χ1v) is 5.73. The van der Waals surface area contributed by atoms with Crippen LogP contribution in [0.25, 0.3) is 0 Å². The summed E-state index contributed by atoms with van der Waals surface area (Å²) in [6.07, 6.45) is 0. The maximum atomic E-state index is 11.7. The summed E-state index contributed by atoms with van der Waals surface area (Å²) in [7, 11) is 0. The number of hydrogen-bond acceptors (Lipinski definition) is 6. The molecule has 0 amide bonds. The number of carbonyl (C=O) groups is 3. The van der Waals surface area contributed by atoms with Gasteiger partial charge in [0.2, 0.25) is 0 Å². The van der Waals surface area contributed by atoms with E-state index in [2.05, 4.69) is 6.58 Å². The van der Waals surface area contributed by atoms with E-state index in [0.717, 1.165) is 0 Å². The molecule has 1 aromatic rings. The van der Waals surface area contributed by atoms with Crippen LogP contribution in [0.1, 0.15) is 27.6 Å². The van der Waals surface area contributed by atoms with Crippen molar-refractivity contribution in [3.8, 4) is 0 Å². The second kappa shape index (κ2) is 8.94. The van der Waals surface area contributed by atoms with Gasteiger partial charge in [-0.15, -0.1) is 0 Å². The minimum Gasteiger partial charge on any atom is -0.545 e. The predicted molar refractivity (Wildman–Crippen MR) is 66.8 cm³/mol. The van der Waals surface area contributed by atoms with Crippen molar-refractivity contribution in [1.82, 2.24) is 0 Å². The Morgan fingerprint density at radius 3 is 2.14 bits per heavy atom. The smallest absolute Gasteiger partial charge is 0.545 e. The van der Waals surface area contributed by atoms with Crippen LogP contribution in [-0.2, 0) is 31.3 Å². The Labute approximate surface area is 132 Å². The standard InChI is InChI=1S/C14H14O6.Cu/c1-9(2)13(17)19-7-8-20-14(18)11-6-4-3-5-10(11)12(15)16;/h3-6H,1,7-8H2,2H3,(H,15,16);/q;+1/p-1. The average Bonchev–Trinajstić information content (AvgIpc) is 2.42. The quantitative estimate of drug-likeness (QED) is 0.320. The van der Waals surface area contributed by atoms with E-state index in [1.54, 1.807) is 0 Å². The monoisotopic (exact) mass is 340 g/mol. The maximum Gasteiger partial charge on any atom is 1.00 e. The van der Waals surface area contributed by atoms with Crippen molar-refractivity contribution in [2.24, 2.45) is 0 Å². The summed E-state index contributed by atoms with van der Waals surface area (Å²) in [4.78, 5) is 33.6. The Morgan fingerprint density at radius 1 is 1.10 bits per heavy atom. The molecule has 0 saturated heterocycles. The third-order valence-corrected chi connectivity index (χ3v) is 2.26. The van der Waals surface area contributed by atoms with Crippen molar-refractivity contribution in [2.45, 2.75) is 6.92 Å². The van der Waals surface area contributed by atoms with Crippen LogP contribution >= 0.6 is 0 Å². The number of hydrogen-bond donors (Lipinski definition) is 0. The summed E-state index contributed by atoms with van der Waals surface area (Å²) in [6.45, 7) is 4.57. The van der Waals surface area contributed by atoms with E-state index in [1.807, 2.05) is 0 Å². The number of aromatic carboxylic acids is 1. The van der Waals surface area contributed by atoms with Gasteiger partial charge < -0.3 is 19.4 Å². The van der Waals surface area contributed by atoms with Gasteiger partial charge >= 0.3 is 29.0 Å². The van der Waals surface area contributed by atoms with Gasteiger partial charge in [-0.25, -0.2) is 9.59 Å². The first-order valence-electron chi connectivity index (χ1n) is 5.73. The Bertz CT molecular complexity index is 552. The van der Waals surface area contributed by atoms with Crippen LogP contribution in [0.5, 0.6) is 0 Å². The fourth-order valence-electron chi connectivity index (χ4n) is 1.31. The Balaban J connectivity index is 0.00000400. The van der Waals surface area contributed by atoms with Gasteiger partial charge in [0.1, 0.15) is 13.2 Å². The zero-order valence-electron chi connectivity index (χ0n) is 11.2. The molecule has 21 heavy (non-hydrogen) atoms. The molecule has 0 unspecified atom stereocenters. The van der Waals surface area contributed by atoms with Crippen molar-refractivity contribution in [1.29, 1.82) is 0 Å². The fourth-order valence-corrected chi connectivity index (χ4v) is 1.31. The van der Waals surface area contributed by atoms with Gasteiger partial charge in [0.05, 0.1) is 11.5 Å². The van der Waals surface area contributed by atoms with Crippen LogP contribution in [0.2, 0.25) is 0 Å². The van der Waals surface area contributed by atoms with Gasteiger partial charge in [-0.2, -0.15) is 0 Å². The Kier molecular flexibility index (Phi) is 8.04. The van der Waals surface area contributed by atoms with E-state index in [9.17, 15) is 19.5 Å². The van der Waals surface area contributed by atoms with Gasteiger partial charge in [-0.05, 0) is 13.0 Å². The number of carboxylic acid groups (broad SMARTS) is 1. The van der Waals surface area contributed by atoms with Crippen molar-refractivity contribution in [3.63, 3.8) is 0 Å². The van der Waals surface area contributed by atoms with Crippen LogP contribution in [0.3, 0.4) is 0 Å². The second-order valence-electron chi connectivity index (χ2n) is 3.89. The second-order valence-corrected chi connectivity index (χ2v) is 3.89. The number of carbonyl (C=O) groups excluding carboxylic acids is 3. The van der Waals surface area contributed by atoms with Crippen molar-refractivity contribution < 1.29 is 46.0 Å². The molecule has 1 aromatic carbocycles. The number of benzene rings is 1. The van der Waals surface area contributed by atoms with Crippen LogP contribution in [0, 0.1) is 0 Å². The molecule has 6 nitrogen and oxygen atoms in total. The fraction of sp³-hybridized carbons (Fsp3) is 0.214. The molecule has 0 aliphatic carbocycles. The summed E-state index contributed by atoms with van der Waals surface area (Å²) >= 11 is 0. The molecule has 116 valence electrons. The van der Waals surface area contributed by atoms with Crippen molar-refractivity contribution in [2.75, 3.05) is 13.2 Å².